The molecule has 0 aromatic rings. The molecule has 0 saturated heterocycles. The summed E-state index contributed by atoms with van der Waals surface area (Å²) in [7, 11) is 0. The van der Waals surface area contributed by atoms with Crippen LogP contribution in [0, 0.1) is 5.92 Å². The predicted octanol–water partition coefficient (Wildman–Crippen LogP) is 0.254. The van der Waals surface area contributed by atoms with Crippen molar-refractivity contribution in [2.45, 2.75) is 38.3 Å². The Morgan fingerprint density at radius 3 is 2.20 bits per heavy atom. The lowest BCUT2D eigenvalue weighted by molar-refractivity contribution is -0.434. The molecule has 5 heteroatoms. The summed E-state index contributed by atoms with van der Waals surface area (Å²) in [6, 6.07) is 0. The van der Waals surface area contributed by atoms with Gasteiger partial charge in [0, 0.05) is 5.57 Å². The monoisotopic (exact) mass is 216 g/mol. The summed E-state index contributed by atoms with van der Waals surface area (Å²) in [5, 5.41) is 25.4. The second kappa shape index (κ2) is 4.74. The Labute approximate surface area is 88.0 Å². The fraction of sp³-hybridized carbons (Fsp3) is 0.700. The molecule has 5 nitrogen and oxygen atoms in total. The predicted molar refractivity (Wildman–Crippen MR) is 51.2 cm³/mol. The molecular weight excluding hydrogens is 200 g/mol. The highest BCUT2D eigenvalue weighted by Crippen LogP contribution is 2.29. The van der Waals surface area contributed by atoms with E-state index >= 15 is 0 Å². The van der Waals surface area contributed by atoms with Crippen LogP contribution in [-0.4, -0.2) is 27.4 Å². The number of carbonyl (C=O) groups excluding carboxylic acids is 1. The molecule has 0 aromatic carbocycles. The summed E-state index contributed by atoms with van der Waals surface area (Å²) < 4.78 is 3.98. The molecule has 0 aromatic heterocycles. The van der Waals surface area contributed by atoms with Crippen molar-refractivity contribution in [1.82, 2.24) is 0 Å². The van der Waals surface area contributed by atoms with Crippen LogP contribution in [0.5, 0.6) is 0 Å². The second-order valence-corrected chi connectivity index (χ2v) is 3.82. The van der Waals surface area contributed by atoms with E-state index in [9.17, 15) is 4.79 Å². The standard InChI is InChI=1S/C10H16O5/c1-7(8-5-3-2-4-6-8)9(11)15-10(12,13)14/h8,12-14H,1-6H2. The Morgan fingerprint density at radius 1 is 1.20 bits per heavy atom. The Balaban J connectivity index is 2.48. The van der Waals surface area contributed by atoms with E-state index < -0.39 is 12.1 Å². The number of aliphatic hydroxyl groups is 3. The van der Waals surface area contributed by atoms with Crippen LogP contribution in [0.15, 0.2) is 12.2 Å². The lowest BCUT2D eigenvalue weighted by Crippen LogP contribution is -2.35. The molecule has 1 saturated carbocycles. The number of hydrogen-bond donors (Lipinski definition) is 3. The molecule has 15 heavy (non-hydrogen) atoms. The topological polar surface area (TPSA) is 87.0 Å². The van der Waals surface area contributed by atoms with Gasteiger partial charge in [0.1, 0.15) is 0 Å². The molecule has 0 unspecified atom stereocenters. The van der Waals surface area contributed by atoms with Gasteiger partial charge in [0.15, 0.2) is 0 Å². The maximum atomic E-state index is 11.3. The number of esters is 1. The Morgan fingerprint density at radius 2 is 1.73 bits per heavy atom. The van der Waals surface area contributed by atoms with Crippen LogP contribution >= 0.6 is 0 Å². The van der Waals surface area contributed by atoms with E-state index in [1.54, 1.807) is 0 Å². The van der Waals surface area contributed by atoms with E-state index in [0.717, 1.165) is 32.1 Å². The molecule has 0 radical (unpaired) electrons. The average Bonchev–Trinajstić information content (AvgIpc) is 2.15. The molecule has 1 fully saturated rings. The van der Waals surface area contributed by atoms with Gasteiger partial charge in [0.2, 0.25) is 0 Å². The van der Waals surface area contributed by atoms with E-state index in [1.807, 2.05) is 0 Å². The van der Waals surface area contributed by atoms with Crippen LogP contribution in [-0.2, 0) is 9.53 Å². The molecule has 1 aliphatic rings. The van der Waals surface area contributed by atoms with Gasteiger partial charge in [-0.1, -0.05) is 25.8 Å². The third-order valence-electron chi connectivity index (χ3n) is 2.59. The van der Waals surface area contributed by atoms with Crippen molar-refractivity contribution >= 4 is 5.97 Å². The SMILES string of the molecule is C=C(C(=O)OC(O)(O)O)C1CCCCC1. The van der Waals surface area contributed by atoms with Crippen molar-refractivity contribution in [3.8, 4) is 0 Å². The van der Waals surface area contributed by atoms with E-state index in [0.29, 0.717) is 0 Å². The Bertz CT molecular complexity index is 247. The molecule has 0 spiro atoms. The first-order chi connectivity index (χ1) is 6.90. The first kappa shape index (κ1) is 12.2. The summed E-state index contributed by atoms with van der Waals surface area (Å²) in [5.74, 6) is -0.942. The maximum Gasteiger partial charge on any atom is 0.455 e. The quantitative estimate of drug-likeness (QED) is 0.358. The van der Waals surface area contributed by atoms with Crippen LogP contribution in [0.3, 0.4) is 0 Å². The molecule has 0 bridgehead atoms. The van der Waals surface area contributed by atoms with Gasteiger partial charge in [-0.2, -0.15) is 0 Å². The maximum absolute atomic E-state index is 11.3. The highest BCUT2D eigenvalue weighted by Gasteiger charge is 2.29. The van der Waals surface area contributed by atoms with E-state index in [2.05, 4.69) is 11.3 Å². The molecule has 86 valence electrons. The van der Waals surface area contributed by atoms with Gasteiger partial charge in [0.05, 0.1) is 0 Å². The highest BCUT2D eigenvalue weighted by molar-refractivity contribution is 5.88. The van der Waals surface area contributed by atoms with Crippen LogP contribution in [0.2, 0.25) is 0 Å². The van der Waals surface area contributed by atoms with E-state index in [4.69, 9.17) is 15.3 Å². The average molecular weight is 216 g/mol. The minimum Gasteiger partial charge on any atom is -0.381 e. The summed E-state index contributed by atoms with van der Waals surface area (Å²) >= 11 is 0. The molecule has 0 amide bonds. The van der Waals surface area contributed by atoms with Crippen LogP contribution in [0.4, 0.5) is 0 Å². The van der Waals surface area contributed by atoms with Crippen molar-refractivity contribution in [3.05, 3.63) is 12.2 Å². The van der Waals surface area contributed by atoms with Gasteiger partial charge in [-0.05, 0) is 18.8 Å². The normalized spacial score (nSPS) is 18.6. The van der Waals surface area contributed by atoms with Crippen LogP contribution < -0.4 is 0 Å². The van der Waals surface area contributed by atoms with Crippen molar-refractivity contribution in [3.63, 3.8) is 0 Å². The molecule has 0 atom stereocenters. The van der Waals surface area contributed by atoms with Gasteiger partial charge < -0.3 is 20.1 Å². The zero-order valence-corrected chi connectivity index (χ0v) is 8.48. The van der Waals surface area contributed by atoms with Gasteiger partial charge in [-0.15, -0.1) is 0 Å². The third kappa shape index (κ3) is 3.99. The summed E-state index contributed by atoms with van der Waals surface area (Å²) in [5.41, 5.74) is 0.191. The van der Waals surface area contributed by atoms with Crippen molar-refractivity contribution in [1.29, 1.82) is 0 Å². The lowest BCUT2D eigenvalue weighted by Gasteiger charge is -2.23. The summed E-state index contributed by atoms with van der Waals surface area (Å²) in [6.45, 7) is 3.55. The highest BCUT2D eigenvalue weighted by atomic mass is 16.9. The third-order valence-corrected chi connectivity index (χ3v) is 2.59. The first-order valence-corrected chi connectivity index (χ1v) is 4.99. The number of ether oxygens (including phenoxy) is 1. The zero-order valence-electron chi connectivity index (χ0n) is 8.48. The zero-order chi connectivity index (χ0) is 11.5. The van der Waals surface area contributed by atoms with Gasteiger partial charge in [-0.3, -0.25) is 0 Å². The van der Waals surface area contributed by atoms with E-state index in [1.165, 1.54) is 0 Å². The molecule has 1 rings (SSSR count). The first-order valence-electron chi connectivity index (χ1n) is 4.99. The van der Waals surface area contributed by atoms with Gasteiger partial charge >= 0.3 is 12.1 Å². The number of rotatable bonds is 3. The molecule has 1 aliphatic carbocycles. The number of hydrogen-bond acceptors (Lipinski definition) is 5. The fourth-order valence-electron chi connectivity index (χ4n) is 1.81. The molecule has 3 N–H and O–H groups in total. The summed E-state index contributed by atoms with van der Waals surface area (Å²) in [4.78, 5) is 11.3. The largest absolute Gasteiger partial charge is 0.455 e. The molecule has 0 aliphatic heterocycles. The second-order valence-electron chi connectivity index (χ2n) is 3.82. The smallest absolute Gasteiger partial charge is 0.381 e. The van der Waals surface area contributed by atoms with Crippen molar-refractivity contribution in [2.24, 2.45) is 5.92 Å². The number of carbonyl (C=O) groups is 1. The van der Waals surface area contributed by atoms with Gasteiger partial charge in [-0.25, -0.2) is 4.79 Å². The Kier molecular flexibility index (Phi) is 3.84. The summed E-state index contributed by atoms with van der Waals surface area (Å²) in [6.07, 6.45) is 1.49. The molecular formula is C10H16O5. The minimum atomic E-state index is -3.41. The molecule has 0 heterocycles. The lowest BCUT2D eigenvalue weighted by atomic mass is 9.84. The van der Waals surface area contributed by atoms with E-state index in [-0.39, 0.29) is 11.5 Å². The van der Waals surface area contributed by atoms with Crippen molar-refractivity contribution in [2.75, 3.05) is 0 Å². The minimum absolute atomic E-state index is 0.0219. The van der Waals surface area contributed by atoms with Crippen LogP contribution in [0.1, 0.15) is 32.1 Å². The van der Waals surface area contributed by atoms with Crippen LogP contribution in [0.25, 0.3) is 0 Å². The fourth-order valence-corrected chi connectivity index (χ4v) is 1.81. The van der Waals surface area contributed by atoms with Gasteiger partial charge in [0.25, 0.3) is 0 Å². The van der Waals surface area contributed by atoms with Crippen molar-refractivity contribution < 1.29 is 24.9 Å². The Hall–Kier alpha value is -0.910.